The van der Waals surface area contributed by atoms with Crippen molar-refractivity contribution in [2.75, 3.05) is 31.5 Å². The molecular weight excluding hydrogens is 467 g/mol. The predicted molar refractivity (Wildman–Crippen MR) is 142 cm³/mol. The Labute approximate surface area is 215 Å². The summed E-state index contributed by atoms with van der Waals surface area (Å²) < 4.78 is 13.2. The molecule has 4 aromatic rings. The number of amides is 2. The van der Waals surface area contributed by atoms with Crippen LogP contribution in [0.3, 0.4) is 0 Å². The van der Waals surface area contributed by atoms with Crippen LogP contribution in [0.15, 0.2) is 97.2 Å². The van der Waals surface area contributed by atoms with Crippen molar-refractivity contribution in [1.29, 1.82) is 0 Å². The van der Waals surface area contributed by atoms with E-state index in [2.05, 4.69) is 15.2 Å². The highest BCUT2D eigenvalue weighted by Crippen LogP contribution is 2.23. The normalized spacial score (nSPS) is 13.8. The standard InChI is InChI=1S/C30H27FN4O2/c31-25-13-11-22(12-14-25)21-34-16-18-35(19-17-34)30(37)27-10-5-15-32-28(27)29(36)33-26-9-4-8-24(20-26)23-6-2-1-3-7-23/h1-15,20H,16-19,21H2,(H,33,36). The first kappa shape index (κ1) is 24.3. The van der Waals surface area contributed by atoms with Crippen LogP contribution in [-0.2, 0) is 6.54 Å². The molecule has 1 saturated heterocycles. The molecule has 0 atom stereocenters. The number of hydrogen-bond donors (Lipinski definition) is 1. The molecule has 186 valence electrons. The molecule has 1 aliphatic heterocycles. The van der Waals surface area contributed by atoms with E-state index in [1.165, 1.54) is 18.3 Å². The molecule has 3 aromatic carbocycles. The summed E-state index contributed by atoms with van der Waals surface area (Å²) in [6.07, 6.45) is 1.52. The van der Waals surface area contributed by atoms with E-state index in [9.17, 15) is 14.0 Å². The third kappa shape index (κ3) is 5.90. The summed E-state index contributed by atoms with van der Waals surface area (Å²) in [7, 11) is 0. The summed E-state index contributed by atoms with van der Waals surface area (Å²) in [6, 6.07) is 27.3. The quantitative estimate of drug-likeness (QED) is 0.405. The van der Waals surface area contributed by atoms with Gasteiger partial charge in [-0.25, -0.2) is 4.39 Å². The first-order valence-electron chi connectivity index (χ1n) is 12.2. The number of carbonyl (C=O) groups is 2. The maximum absolute atomic E-state index is 13.4. The molecule has 7 heteroatoms. The molecule has 2 heterocycles. The van der Waals surface area contributed by atoms with Gasteiger partial charge in [-0.05, 0) is 53.1 Å². The van der Waals surface area contributed by atoms with Crippen LogP contribution >= 0.6 is 0 Å². The van der Waals surface area contributed by atoms with E-state index in [0.717, 1.165) is 16.7 Å². The Kier molecular flexibility index (Phi) is 7.33. The van der Waals surface area contributed by atoms with Gasteiger partial charge in [0, 0.05) is 44.6 Å². The Hall–Kier alpha value is -4.36. The molecule has 6 nitrogen and oxygen atoms in total. The molecule has 0 radical (unpaired) electrons. The molecule has 0 aliphatic carbocycles. The molecule has 1 N–H and O–H groups in total. The van der Waals surface area contributed by atoms with E-state index in [1.54, 1.807) is 29.2 Å². The minimum absolute atomic E-state index is 0.103. The molecule has 37 heavy (non-hydrogen) atoms. The lowest BCUT2D eigenvalue weighted by atomic mass is 10.1. The second-order valence-corrected chi connectivity index (χ2v) is 9.00. The largest absolute Gasteiger partial charge is 0.336 e. The molecule has 2 amide bonds. The fraction of sp³-hybridized carbons (Fsp3) is 0.167. The van der Waals surface area contributed by atoms with Gasteiger partial charge in [-0.2, -0.15) is 0 Å². The summed E-state index contributed by atoms with van der Waals surface area (Å²) in [5, 5.41) is 2.90. The Bertz CT molecular complexity index is 1380. The molecule has 1 aromatic heterocycles. The first-order valence-corrected chi connectivity index (χ1v) is 12.2. The van der Waals surface area contributed by atoms with Crippen molar-refractivity contribution in [2.24, 2.45) is 0 Å². The molecule has 1 aliphatic rings. The van der Waals surface area contributed by atoms with Crippen molar-refractivity contribution in [3.63, 3.8) is 0 Å². The predicted octanol–water partition coefficient (Wildman–Crippen LogP) is 5.10. The summed E-state index contributed by atoms with van der Waals surface area (Å²) >= 11 is 0. The maximum atomic E-state index is 13.4. The van der Waals surface area contributed by atoms with Crippen LogP contribution in [0, 0.1) is 5.82 Å². The lowest BCUT2D eigenvalue weighted by molar-refractivity contribution is 0.0624. The number of halogens is 1. The van der Waals surface area contributed by atoms with Gasteiger partial charge < -0.3 is 10.2 Å². The average molecular weight is 495 g/mol. The number of pyridine rings is 1. The lowest BCUT2D eigenvalue weighted by Gasteiger charge is -2.35. The Morgan fingerprint density at radius 1 is 0.811 bits per heavy atom. The van der Waals surface area contributed by atoms with Gasteiger partial charge in [-0.3, -0.25) is 19.5 Å². The van der Waals surface area contributed by atoms with Gasteiger partial charge in [0.15, 0.2) is 0 Å². The summed E-state index contributed by atoms with van der Waals surface area (Å²) in [5.74, 6) is -0.888. The zero-order valence-corrected chi connectivity index (χ0v) is 20.3. The summed E-state index contributed by atoms with van der Waals surface area (Å²) in [4.78, 5) is 34.8. The highest BCUT2D eigenvalue weighted by molar-refractivity contribution is 6.11. The fourth-order valence-corrected chi connectivity index (χ4v) is 4.48. The van der Waals surface area contributed by atoms with Crippen LogP contribution in [0.1, 0.15) is 26.4 Å². The van der Waals surface area contributed by atoms with E-state index < -0.39 is 5.91 Å². The van der Waals surface area contributed by atoms with Gasteiger partial charge in [0.25, 0.3) is 11.8 Å². The number of nitrogens with one attached hydrogen (secondary N) is 1. The summed E-state index contributed by atoms with van der Waals surface area (Å²) in [6.45, 7) is 3.16. The molecule has 5 rings (SSSR count). The number of piperazine rings is 1. The first-order chi connectivity index (χ1) is 18.1. The minimum Gasteiger partial charge on any atom is -0.336 e. The monoisotopic (exact) mass is 494 g/mol. The van der Waals surface area contributed by atoms with E-state index in [4.69, 9.17) is 0 Å². The van der Waals surface area contributed by atoms with E-state index in [1.807, 2.05) is 54.6 Å². The van der Waals surface area contributed by atoms with Crippen molar-refractivity contribution in [3.05, 3.63) is 120 Å². The number of nitrogens with zero attached hydrogens (tertiary/aromatic N) is 3. The highest BCUT2D eigenvalue weighted by atomic mass is 19.1. The van der Waals surface area contributed by atoms with Crippen LogP contribution in [0.5, 0.6) is 0 Å². The number of anilines is 1. The van der Waals surface area contributed by atoms with Gasteiger partial charge in [0.1, 0.15) is 11.5 Å². The van der Waals surface area contributed by atoms with E-state index in [0.29, 0.717) is 38.4 Å². The second-order valence-electron chi connectivity index (χ2n) is 9.00. The zero-order valence-electron chi connectivity index (χ0n) is 20.3. The highest BCUT2D eigenvalue weighted by Gasteiger charge is 2.26. The number of carbonyl (C=O) groups excluding carboxylic acids is 2. The third-order valence-electron chi connectivity index (χ3n) is 6.46. The van der Waals surface area contributed by atoms with Crippen molar-refractivity contribution in [1.82, 2.24) is 14.8 Å². The van der Waals surface area contributed by atoms with Crippen molar-refractivity contribution < 1.29 is 14.0 Å². The van der Waals surface area contributed by atoms with Gasteiger partial charge in [-0.15, -0.1) is 0 Å². The Morgan fingerprint density at radius 2 is 1.54 bits per heavy atom. The van der Waals surface area contributed by atoms with Crippen molar-refractivity contribution in [3.8, 4) is 11.1 Å². The second kappa shape index (κ2) is 11.1. The topological polar surface area (TPSA) is 65.5 Å². The molecular formula is C30H27FN4O2. The smallest absolute Gasteiger partial charge is 0.275 e. The van der Waals surface area contributed by atoms with Gasteiger partial charge >= 0.3 is 0 Å². The zero-order chi connectivity index (χ0) is 25.6. The van der Waals surface area contributed by atoms with Gasteiger partial charge in [0.05, 0.1) is 5.56 Å². The van der Waals surface area contributed by atoms with Crippen molar-refractivity contribution in [2.45, 2.75) is 6.54 Å². The van der Waals surface area contributed by atoms with Crippen LogP contribution in [0.2, 0.25) is 0 Å². The Balaban J connectivity index is 1.25. The van der Waals surface area contributed by atoms with Crippen LogP contribution in [0.25, 0.3) is 11.1 Å². The Morgan fingerprint density at radius 3 is 2.30 bits per heavy atom. The molecule has 0 saturated carbocycles. The number of benzene rings is 3. The third-order valence-corrected chi connectivity index (χ3v) is 6.46. The van der Waals surface area contributed by atoms with Crippen molar-refractivity contribution >= 4 is 17.5 Å². The number of aromatic nitrogens is 1. The minimum atomic E-state index is -0.427. The average Bonchev–Trinajstić information content (AvgIpc) is 2.95. The molecule has 0 unspecified atom stereocenters. The lowest BCUT2D eigenvalue weighted by Crippen LogP contribution is -2.48. The number of rotatable bonds is 6. The van der Waals surface area contributed by atoms with Crippen LogP contribution in [-0.4, -0.2) is 52.8 Å². The van der Waals surface area contributed by atoms with E-state index in [-0.39, 0.29) is 23.0 Å². The van der Waals surface area contributed by atoms with E-state index >= 15 is 0 Å². The van der Waals surface area contributed by atoms with Crippen LogP contribution in [0.4, 0.5) is 10.1 Å². The molecule has 0 bridgehead atoms. The number of hydrogen-bond acceptors (Lipinski definition) is 4. The summed E-state index contributed by atoms with van der Waals surface area (Å²) in [5.41, 5.74) is 4.08. The van der Waals surface area contributed by atoms with Crippen LogP contribution < -0.4 is 5.32 Å². The fourth-order valence-electron chi connectivity index (χ4n) is 4.48. The SMILES string of the molecule is O=C(Nc1cccc(-c2ccccc2)c1)c1ncccc1C(=O)N1CCN(Cc2ccc(F)cc2)CC1. The van der Waals surface area contributed by atoms with Gasteiger partial charge in [-0.1, -0.05) is 54.6 Å². The molecule has 1 fully saturated rings. The van der Waals surface area contributed by atoms with Gasteiger partial charge in [0.2, 0.25) is 0 Å². The molecule has 0 spiro atoms. The maximum Gasteiger partial charge on any atom is 0.275 e.